The van der Waals surface area contributed by atoms with E-state index >= 15 is 0 Å². The Bertz CT molecular complexity index is 1010. The molecule has 0 unspecified atom stereocenters. The fourth-order valence-corrected chi connectivity index (χ4v) is 4.72. The molecular weight excluding hydrogens is 411 g/mol. The molecule has 0 aromatic carbocycles. The number of rotatable bonds is 3. The number of amides is 1. The smallest absolute Gasteiger partial charge is 0.370 e. The van der Waals surface area contributed by atoms with Gasteiger partial charge in [-0.05, 0) is 18.9 Å². The molecule has 2 aromatic rings. The molecule has 10 heteroatoms. The molecule has 3 aliphatic rings. The fraction of sp³-hybridized carbons (Fsp3) is 0.571. The summed E-state index contributed by atoms with van der Waals surface area (Å²) in [5.74, 6) is -1.03. The molecule has 1 amide bonds. The summed E-state index contributed by atoms with van der Waals surface area (Å²) in [6, 6.07) is 1.79. The molecule has 166 valence electrons. The number of hydrogen-bond acceptors (Lipinski definition) is 5. The van der Waals surface area contributed by atoms with Gasteiger partial charge < -0.3 is 14.5 Å². The molecule has 31 heavy (non-hydrogen) atoms. The van der Waals surface area contributed by atoms with E-state index in [0.29, 0.717) is 43.3 Å². The number of carbonyl (C=O) groups excluding carboxylic acids is 1. The lowest BCUT2D eigenvalue weighted by Gasteiger charge is -2.38. The van der Waals surface area contributed by atoms with Gasteiger partial charge in [0.05, 0.1) is 30.0 Å². The first-order valence-electron chi connectivity index (χ1n) is 10.4. The molecule has 0 bridgehead atoms. The second-order valence-corrected chi connectivity index (χ2v) is 8.71. The number of ether oxygens (including phenoxy) is 1. The predicted molar refractivity (Wildman–Crippen MR) is 106 cm³/mol. The highest BCUT2D eigenvalue weighted by atomic mass is 19.4. The fourth-order valence-electron chi connectivity index (χ4n) is 4.72. The van der Waals surface area contributed by atoms with Crippen molar-refractivity contribution in [2.45, 2.75) is 37.6 Å². The molecule has 7 nitrogen and oxygen atoms in total. The summed E-state index contributed by atoms with van der Waals surface area (Å²) in [4.78, 5) is 21.1. The second kappa shape index (κ2) is 7.22. The van der Waals surface area contributed by atoms with Gasteiger partial charge in [0.2, 0.25) is 0 Å². The maximum absolute atomic E-state index is 13.1. The van der Waals surface area contributed by atoms with Gasteiger partial charge in [-0.25, -0.2) is 4.98 Å². The van der Waals surface area contributed by atoms with Crippen molar-refractivity contribution in [3.63, 3.8) is 0 Å². The summed E-state index contributed by atoms with van der Waals surface area (Å²) in [7, 11) is 3.55. The van der Waals surface area contributed by atoms with E-state index in [1.165, 1.54) is 0 Å². The van der Waals surface area contributed by atoms with E-state index < -0.39 is 12.1 Å². The lowest BCUT2D eigenvalue weighted by atomic mass is 9.71. The van der Waals surface area contributed by atoms with Gasteiger partial charge in [-0.2, -0.15) is 18.3 Å². The standard InChI is InChI=1S/C21H24F3N5O2/c1-27-10-16-15(20(27)30)7-18(26-19(16)12-5-14(6-12)21(22,23)24)29-3-4-31-17(11-29)13-8-25-28(2)9-13/h7-9,12,14,17H,3-6,10-11H2,1-2H3/t12-,14+,17-/m0/s1. The van der Waals surface area contributed by atoms with Crippen LogP contribution in [0.1, 0.15) is 52.0 Å². The molecule has 2 aliphatic heterocycles. The van der Waals surface area contributed by atoms with Crippen LogP contribution in [0.3, 0.4) is 0 Å². The Hall–Kier alpha value is -2.62. The van der Waals surface area contributed by atoms with Crippen LogP contribution in [0.2, 0.25) is 0 Å². The average Bonchev–Trinajstić information content (AvgIpc) is 3.24. The molecular formula is C21H24F3N5O2. The van der Waals surface area contributed by atoms with Gasteiger partial charge in [0, 0.05) is 57.0 Å². The number of halogens is 3. The van der Waals surface area contributed by atoms with E-state index in [-0.39, 0.29) is 30.8 Å². The van der Waals surface area contributed by atoms with Crippen molar-refractivity contribution in [2.75, 3.05) is 31.6 Å². The summed E-state index contributed by atoms with van der Waals surface area (Å²) in [5, 5.41) is 4.20. The maximum atomic E-state index is 13.1. The van der Waals surface area contributed by atoms with Crippen LogP contribution in [0.4, 0.5) is 19.0 Å². The first-order valence-corrected chi connectivity index (χ1v) is 10.4. The monoisotopic (exact) mass is 435 g/mol. The van der Waals surface area contributed by atoms with E-state index in [1.54, 1.807) is 28.9 Å². The molecule has 0 radical (unpaired) electrons. The maximum Gasteiger partial charge on any atom is 0.391 e. The van der Waals surface area contributed by atoms with Gasteiger partial charge in [0.1, 0.15) is 11.9 Å². The van der Waals surface area contributed by atoms with Crippen molar-refractivity contribution in [3.8, 4) is 0 Å². The molecule has 0 spiro atoms. The van der Waals surface area contributed by atoms with Crippen LogP contribution in [-0.4, -0.2) is 58.5 Å². The average molecular weight is 435 g/mol. The highest BCUT2D eigenvalue weighted by Crippen LogP contribution is 2.51. The van der Waals surface area contributed by atoms with Crippen molar-refractivity contribution in [1.82, 2.24) is 19.7 Å². The van der Waals surface area contributed by atoms with Crippen LogP contribution in [0.25, 0.3) is 0 Å². The van der Waals surface area contributed by atoms with Crippen LogP contribution in [0.5, 0.6) is 0 Å². The zero-order chi connectivity index (χ0) is 21.9. The molecule has 4 heterocycles. The van der Waals surface area contributed by atoms with E-state index in [9.17, 15) is 18.0 Å². The van der Waals surface area contributed by atoms with Crippen LogP contribution >= 0.6 is 0 Å². The van der Waals surface area contributed by atoms with E-state index in [2.05, 4.69) is 10.00 Å². The van der Waals surface area contributed by atoms with Gasteiger partial charge in [0.15, 0.2) is 0 Å². The number of aromatic nitrogens is 3. The quantitative estimate of drug-likeness (QED) is 0.742. The molecule has 1 saturated heterocycles. The minimum absolute atomic E-state index is 0.0335. The molecule has 2 aromatic heterocycles. The summed E-state index contributed by atoms with van der Waals surface area (Å²) >= 11 is 0. The van der Waals surface area contributed by atoms with Gasteiger partial charge in [-0.15, -0.1) is 0 Å². The van der Waals surface area contributed by atoms with E-state index in [4.69, 9.17) is 9.72 Å². The highest BCUT2D eigenvalue weighted by Gasteiger charge is 2.49. The number of anilines is 1. The van der Waals surface area contributed by atoms with Crippen molar-refractivity contribution in [3.05, 3.63) is 40.8 Å². The van der Waals surface area contributed by atoms with Crippen molar-refractivity contribution in [2.24, 2.45) is 13.0 Å². The van der Waals surface area contributed by atoms with Crippen molar-refractivity contribution in [1.29, 1.82) is 0 Å². The van der Waals surface area contributed by atoms with Crippen LogP contribution in [0, 0.1) is 5.92 Å². The van der Waals surface area contributed by atoms with Crippen LogP contribution in [0.15, 0.2) is 18.5 Å². The molecule has 0 N–H and O–H groups in total. The lowest BCUT2D eigenvalue weighted by Crippen LogP contribution is -2.39. The Morgan fingerprint density at radius 3 is 2.68 bits per heavy atom. The number of fused-ring (bicyclic) bond motifs is 1. The Morgan fingerprint density at radius 2 is 2.00 bits per heavy atom. The second-order valence-electron chi connectivity index (χ2n) is 8.71. The predicted octanol–water partition coefficient (Wildman–Crippen LogP) is 3.03. The Kier molecular flexibility index (Phi) is 4.72. The summed E-state index contributed by atoms with van der Waals surface area (Å²) in [6.45, 7) is 2.02. The molecule has 1 atom stereocenters. The number of nitrogens with zero attached hydrogens (tertiary/aromatic N) is 5. The molecule has 1 aliphatic carbocycles. The number of morpholine rings is 1. The van der Waals surface area contributed by atoms with E-state index in [1.807, 2.05) is 13.2 Å². The van der Waals surface area contributed by atoms with Crippen molar-refractivity contribution >= 4 is 11.7 Å². The minimum atomic E-state index is -4.18. The lowest BCUT2D eigenvalue weighted by molar-refractivity contribution is -0.197. The first kappa shape index (κ1) is 20.3. The third kappa shape index (κ3) is 3.56. The number of carbonyl (C=O) groups is 1. The summed E-state index contributed by atoms with van der Waals surface area (Å²) in [5.41, 5.74) is 2.94. The number of alkyl halides is 3. The number of aryl methyl sites for hydroxylation is 1. The Balaban J connectivity index is 1.45. The third-order valence-corrected chi connectivity index (χ3v) is 6.59. The number of hydrogen-bond donors (Lipinski definition) is 0. The normalized spacial score (nSPS) is 26.2. The van der Waals surface area contributed by atoms with E-state index in [0.717, 1.165) is 11.1 Å². The third-order valence-electron chi connectivity index (χ3n) is 6.59. The van der Waals surface area contributed by atoms with Crippen LogP contribution < -0.4 is 4.90 Å². The van der Waals surface area contributed by atoms with Gasteiger partial charge in [0.25, 0.3) is 5.91 Å². The first-order chi connectivity index (χ1) is 14.7. The largest absolute Gasteiger partial charge is 0.391 e. The topological polar surface area (TPSA) is 63.5 Å². The van der Waals surface area contributed by atoms with Crippen LogP contribution in [-0.2, 0) is 18.3 Å². The van der Waals surface area contributed by atoms with Gasteiger partial charge >= 0.3 is 6.18 Å². The van der Waals surface area contributed by atoms with Crippen molar-refractivity contribution < 1.29 is 22.7 Å². The van der Waals surface area contributed by atoms with Gasteiger partial charge in [-0.1, -0.05) is 0 Å². The summed E-state index contributed by atoms with van der Waals surface area (Å²) in [6.07, 6.45) is -0.625. The highest BCUT2D eigenvalue weighted by molar-refractivity contribution is 5.99. The number of pyridine rings is 1. The zero-order valence-corrected chi connectivity index (χ0v) is 17.4. The zero-order valence-electron chi connectivity index (χ0n) is 17.4. The molecule has 2 fully saturated rings. The van der Waals surface area contributed by atoms with Gasteiger partial charge in [-0.3, -0.25) is 9.48 Å². The molecule has 1 saturated carbocycles. The minimum Gasteiger partial charge on any atom is -0.370 e. The molecule has 5 rings (SSSR count). The SMILES string of the molecule is CN1Cc2c(cc(N3CCO[C@H](c4cnn(C)c4)C3)nc2[C@H]2C[C@@H](C(F)(F)F)C2)C1=O. The summed E-state index contributed by atoms with van der Waals surface area (Å²) < 4.78 is 46.8. The Morgan fingerprint density at radius 1 is 1.23 bits per heavy atom. The Labute approximate surface area is 177 Å².